The zero-order chi connectivity index (χ0) is 15.0. The standard InChI is InChI=1S/C15H17F3O3/c16-10-5-11(17)13(12(18)6-10)14(19)9-1-3-21-15(7-9)2-4-20-8-15/h5-6,9,14,19H,1-4,7-8H2. The minimum Gasteiger partial charge on any atom is -0.388 e. The molecule has 0 aliphatic carbocycles. The van der Waals surface area contributed by atoms with Crippen LogP contribution in [0.2, 0.25) is 0 Å². The van der Waals surface area contributed by atoms with Crippen molar-refractivity contribution < 1.29 is 27.8 Å². The van der Waals surface area contributed by atoms with E-state index in [0.717, 1.165) is 0 Å². The van der Waals surface area contributed by atoms with Crippen molar-refractivity contribution in [3.63, 3.8) is 0 Å². The average Bonchev–Trinajstić information content (AvgIpc) is 2.85. The number of hydrogen-bond acceptors (Lipinski definition) is 3. The van der Waals surface area contributed by atoms with Crippen LogP contribution in [0.15, 0.2) is 12.1 Å². The SMILES string of the molecule is OC(c1c(F)cc(F)cc1F)C1CCOC2(CCOC2)C1. The van der Waals surface area contributed by atoms with Crippen LogP contribution >= 0.6 is 0 Å². The molecule has 0 amide bonds. The Morgan fingerprint density at radius 3 is 2.52 bits per heavy atom. The minimum atomic E-state index is -1.31. The van der Waals surface area contributed by atoms with Crippen molar-refractivity contribution in [1.29, 1.82) is 0 Å². The highest BCUT2D eigenvalue weighted by Crippen LogP contribution is 2.41. The van der Waals surface area contributed by atoms with E-state index in [1.165, 1.54) is 0 Å². The van der Waals surface area contributed by atoms with Gasteiger partial charge in [0.2, 0.25) is 0 Å². The van der Waals surface area contributed by atoms with Gasteiger partial charge in [-0.2, -0.15) is 0 Å². The van der Waals surface area contributed by atoms with Gasteiger partial charge < -0.3 is 14.6 Å². The van der Waals surface area contributed by atoms with Crippen LogP contribution in [0, 0.1) is 23.4 Å². The van der Waals surface area contributed by atoms with Crippen molar-refractivity contribution >= 4 is 0 Å². The molecule has 2 fully saturated rings. The van der Waals surface area contributed by atoms with E-state index >= 15 is 0 Å². The van der Waals surface area contributed by atoms with E-state index in [9.17, 15) is 18.3 Å². The Morgan fingerprint density at radius 2 is 1.90 bits per heavy atom. The van der Waals surface area contributed by atoms with Crippen LogP contribution in [0.5, 0.6) is 0 Å². The summed E-state index contributed by atoms with van der Waals surface area (Å²) in [5, 5.41) is 10.3. The molecule has 0 saturated carbocycles. The van der Waals surface area contributed by atoms with Crippen molar-refractivity contribution in [1.82, 2.24) is 0 Å². The van der Waals surface area contributed by atoms with Gasteiger partial charge in [-0.3, -0.25) is 0 Å². The third kappa shape index (κ3) is 2.80. The highest BCUT2D eigenvalue weighted by molar-refractivity contribution is 5.24. The lowest BCUT2D eigenvalue weighted by atomic mass is 9.80. The lowest BCUT2D eigenvalue weighted by molar-refractivity contribution is -0.117. The summed E-state index contributed by atoms with van der Waals surface area (Å²) in [4.78, 5) is 0. The van der Waals surface area contributed by atoms with E-state index in [1.54, 1.807) is 0 Å². The van der Waals surface area contributed by atoms with Gasteiger partial charge in [0.05, 0.1) is 23.9 Å². The molecule has 6 heteroatoms. The first-order chi connectivity index (χ1) is 10.0. The molecule has 2 aliphatic heterocycles. The number of benzene rings is 1. The summed E-state index contributed by atoms with van der Waals surface area (Å²) in [5.74, 6) is -3.44. The first-order valence-electron chi connectivity index (χ1n) is 7.05. The number of halogens is 3. The van der Waals surface area contributed by atoms with E-state index in [-0.39, 0.29) is 5.92 Å². The Labute approximate surface area is 120 Å². The third-order valence-electron chi connectivity index (χ3n) is 4.38. The van der Waals surface area contributed by atoms with Crippen molar-refractivity contribution in [2.45, 2.75) is 31.0 Å². The second-order valence-electron chi connectivity index (χ2n) is 5.81. The summed E-state index contributed by atoms with van der Waals surface area (Å²) in [7, 11) is 0. The van der Waals surface area contributed by atoms with Crippen LogP contribution in [0.4, 0.5) is 13.2 Å². The quantitative estimate of drug-likeness (QED) is 0.913. The van der Waals surface area contributed by atoms with Crippen molar-refractivity contribution in [2.75, 3.05) is 19.8 Å². The van der Waals surface area contributed by atoms with Gasteiger partial charge in [-0.05, 0) is 18.8 Å². The van der Waals surface area contributed by atoms with Crippen LogP contribution in [-0.2, 0) is 9.47 Å². The summed E-state index contributed by atoms with van der Waals surface area (Å²) < 4.78 is 51.6. The van der Waals surface area contributed by atoms with Gasteiger partial charge in [-0.15, -0.1) is 0 Å². The molecule has 1 aromatic carbocycles. The fourth-order valence-corrected chi connectivity index (χ4v) is 3.27. The maximum absolute atomic E-state index is 13.8. The van der Waals surface area contributed by atoms with E-state index in [1.807, 2.05) is 0 Å². The molecule has 1 aromatic rings. The van der Waals surface area contributed by atoms with Crippen LogP contribution in [0.1, 0.15) is 30.9 Å². The zero-order valence-electron chi connectivity index (χ0n) is 11.4. The predicted molar refractivity (Wildman–Crippen MR) is 68.1 cm³/mol. The molecule has 0 aromatic heterocycles. The predicted octanol–water partition coefficient (Wildman–Crippen LogP) is 2.72. The summed E-state index contributed by atoms with van der Waals surface area (Å²) in [5.41, 5.74) is -0.922. The Hall–Kier alpha value is -1.11. The Morgan fingerprint density at radius 1 is 1.19 bits per heavy atom. The molecule has 2 heterocycles. The van der Waals surface area contributed by atoms with Crippen molar-refractivity contribution in [3.05, 3.63) is 35.1 Å². The molecule has 116 valence electrons. The summed E-state index contributed by atoms with van der Waals surface area (Å²) in [6.07, 6.45) is 0.376. The second kappa shape index (κ2) is 5.59. The monoisotopic (exact) mass is 302 g/mol. The normalized spacial score (nSPS) is 30.8. The Balaban J connectivity index is 1.83. The van der Waals surface area contributed by atoms with Crippen LogP contribution < -0.4 is 0 Å². The van der Waals surface area contributed by atoms with E-state index in [4.69, 9.17) is 9.47 Å². The summed E-state index contributed by atoms with van der Waals surface area (Å²) in [6, 6.07) is 1.19. The molecule has 21 heavy (non-hydrogen) atoms. The molecule has 3 atom stereocenters. The topological polar surface area (TPSA) is 38.7 Å². The van der Waals surface area contributed by atoms with Crippen LogP contribution in [0.3, 0.4) is 0 Å². The molecular weight excluding hydrogens is 285 g/mol. The molecule has 2 aliphatic rings. The number of aliphatic hydroxyl groups is 1. The molecule has 1 spiro atoms. The lowest BCUT2D eigenvalue weighted by Crippen LogP contribution is -2.42. The maximum Gasteiger partial charge on any atom is 0.134 e. The van der Waals surface area contributed by atoms with Gasteiger partial charge in [0.25, 0.3) is 0 Å². The van der Waals surface area contributed by atoms with Crippen LogP contribution in [-0.4, -0.2) is 30.5 Å². The first kappa shape index (κ1) is 14.8. The van der Waals surface area contributed by atoms with Crippen LogP contribution in [0.25, 0.3) is 0 Å². The van der Waals surface area contributed by atoms with E-state index < -0.39 is 34.7 Å². The van der Waals surface area contributed by atoms with Gasteiger partial charge in [0, 0.05) is 31.8 Å². The highest BCUT2D eigenvalue weighted by Gasteiger charge is 2.43. The first-order valence-corrected chi connectivity index (χ1v) is 7.05. The molecular formula is C15H17F3O3. The Bertz CT molecular complexity index is 506. The van der Waals surface area contributed by atoms with Gasteiger partial charge in [0.1, 0.15) is 17.5 Å². The molecule has 3 nitrogen and oxygen atoms in total. The molecule has 2 saturated heterocycles. The smallest absolute Gasteiger partial charge is 0.134 e. The number of rotatable bonds is 2. The van der Waals surface area contributed by atoms with Gasteiger partial charge >= 0.3 is 0 Å². The fourth-order valence-electron chi connectivity index (χ4n) is 3.27. The van der Waals surface area contributed by atoms with E-state index in [0.29, 0.717) is 51.2 Å². The van der Waals surface area contributed by atoms with Gasteiger partial charge in [-0.1, -0.05) is 0 Å². The lowest BCUT2D eigenvalue weighted by Gasteiger charge is -2.39. The van der Waals surface area contributed by atoms with E-state index in [2.05, 4.69) is 0 Å². The van der Waals surface area contributed by atoms with Gasteiger partial charge in [0.15, 0.2) is 0 Å². The number of hydrogen-bond donors (Lipinski definition) is 1. The van der Waals surface area contributed by atoms with Crippen molar-refractivity contribution in [3.8, 4) is 0 Å². The largest absolute Gasteiger partial charge is 0.388 e. The van der Waals surface area contributed by atoms with Gasteiger partial charge in [-0.25, -0.2) is 13.2 Å². The number of ether oxygens (including phenoxy) is 2. The zero-order valence-corrected chi connectivity index (χ0v) is 11.4. The Kier molecular flexibility index (Phi) is 3.94. The average molecular weight is 302 g/mol. The summed E-state index contributed by atoms with van der Waals surface area (Å²) >= 11 is 0. The summed E-state index contributed by atoms with van der Waals surface area (Å²) in [6.45, 7) is 1.43. The molecule has 1 N–H and O–H groups in total. The molecule has 0 radical (unpaired) electrons. The highest BCUT2D eigenvalue weighted by atomic mass is 19.1. The molecule has 3 unspecified atom stereocenters. The maximum atomic E-state index is 13.8. The third-order valence-corrected chi connectivity index (χ3v) is 4.38. The fraction of sp³-hybridized carbons (Fsp3) is 0.600. The second-order valence-corrected chi connectivity index (χ2v) is 5.81. The number of aliphatic hydroxyl groups excluding tert-OH is 1. The molecule has 3 rings (SSSR count). The minimum absolute atomic E-state index is 0.338. The molecule has 0 bridgehead atoms. The van der Waals surface area contributed by atoms with Crippen molar-refractivity contribution in [2.24, 2.45) is 5.92 Å².